The van der Waals surface area contributed by atoms with Crippen molar-refractivity contribution in [2.24, 2.45) is 121 Å². The summed E-state index contributed by atoms with van der Waals surface area (Å²) >= 11 is 13.7. The highest BCUT2D eigenvalue weighted by molar-refractivity contribution is 6.21. The van der Waals surface area contributed by atoms with E-state index in [0.717, 1.165) is 207 Å². The number of esters is 2. The number of aldehydes is 3. The molecule has 1 heterocycles. The Bertz CT molecular complexity index is 3870. The Balaban J connectivity index is 0.000000198. The van der Waals surface area contributed by atoms with Crippen LogP contribution < -0.4 is 9.47 Å². The number of benzene rings is 2. The minimum Gasteiger partial charge on any atom is -0.497 e. The molecule has 6 bridgehead atoms. The molecule has 0 spiro atoms. The smallest absolute Gasteiger partial charge is 0.317 e. The van der Waals surface area contributed by atoms with Crippen LogP contribution >= 0.6 is 23.2 Å². The molecule has 6 saturated carbocycles. The molecule has 0 amide bonds. The fraction of sp³-hybridized carbons (Fsp3) is 0.729. The predicted octanol–water partition coefficient (Wildman–Crippen LogP) is 24.1. The predicted molar refractivity (Wildman–Crippen MR) is 501 cm³/mol. The molecule has 0 aliphatic heterocycles. The number of aliphatic hydroxyl groups excluding tert-OH is 1. The first-order valence-corrected chi connectivity index (χ1v) is 49.4. The number of hydrogen-bond donors (Lipinski definition) is 2. The number of carboxylic acid groups (broad SMARTS) is 1. The van der Waals surface area contributed by atoms with Crippen LogP contribution in [-0.2, 0) is 76.5 Å². The molecule has 9 aliphatic rings. The molecule has 9 aliphatic carbocycles. The number of rotatable bonds is 42. The maximum absolute atomic E-state index is 14.3. The summed E-state index contributed by atoms with van der Waals surface area (Å²) < 4.78 is 40.0. The van der Waals surface area contributed by atoms with E-state index < -0.39 is 44.6 Å². The molecule has 0 radical (unpaired) electrons. The van der Waals surface area contributed by atoms with Gasteiger partial charge in [0.2, 0.25) is 0 Å². The van der Waals surface area contributed by atoms with E-state index >= 15 is 0 Å². The van der Waals surface area contributed by atoms with Crippen LogP contribution in [-0.4, -0.2) is 123 Å². The number of methoxy groups -OCH3 is 2. The minimum absolute atomic E-state index is 0.00378. The third-order valence-electron chi connectivity index (χ3n) is 31.4. The van der Waals surface area contributed by atoms with Gasteiger partial charge in [0, 0.05) is 88.9 Å². The van der Waals surface area contributed by atoms with Gasteiger partial charge in [-0.3, -0.25) is 19.4 Å². The monoisotopic (exact) mass is 1770 g/mol. The number of unbranched alkanes of at least 4 members (excludes halogenated alkanes) is 6. The van der Waals surface area contributed by atoms with Crippen LogP contribution in [0.25, 0.3) is 0 Å². The molecule has 0 saturated heterocycles. The third-order valence-corrected chi connectivity index (χ3v) is 32.6. The highest BCUT2D eigenvalue weighted by atomic mass is 35.5. The van der Waals surface area contributed by atoms with Gasteiger partial charge in [0.15, 0.2) is 0 Å². The number of aliphatic carboxylic acids is 1. The fourth-order valence-corrected chi connectivity index (χ4v) is 25.7. The van der Waals surface area contributed by atoms with E-state index in [9.17, 15) is 39.0 Å². The lowest BCUT2D eigenvalue weighted by Gasteiger charge is -2.49. The van der Waals surface area contributed by atoms with Crippen molar-refractivity contribution in [3.8, 4) is 11.5 Å². The number of carbonyl (C=O) groups is 6. The molecule has 125 heavy (non-hydrogen) atoms. The first-order chi connectivity index (χ1) is 59.4. The van der Waals surface area contributed by atoms with Crippen LogP contribution in [0.4, 0.5) is 0 Å². The standard InChI is InChI=1S/C34H49ClO5.C34H50O6.C26H41ClO4.C13H21N/c1-6-7-15-39-16-9-8-10-28-24(4)31(35)18-30(28)33(22-36)19-26-17-29(23(2)3)34(33,20-26)32(37)40-21-25-11-13-27(38-5)14-12-25;1-6-7-15-39-16-9-8-10-28-24(4)31(36)18-30(28)33(22-35)19-26-17-29(23(2)3)34(33,20-26)32(37)40-21-25-11-13-27(38-5)14-12-25;1-5-6-10-31-11-8-7-9-20-18(4)23(27)13-22(20)25(16-28)14-19-12-21(17(2)3)26(25,15-19)24(29)30;1-12(2,3)10-8-7-9-11(14-10)13(4,5)6/h11-14,17,22-24,26,28,30-31H,6-10,15-16,18-21H2,1-5H3;11-14,17,22-24,26,28,30-31,36H,6-10,15-16,18-21H2,1-5H3;12,16-20,22-23H,5-11,13-15H2,1-4H3,(H,29,30);7-9H,1-6H3/t2*24?,26?,28?,30?,31?,33-,34+;18?,19?,20?,22?,23?,25-,26+;/m000./s1. The van der Waals surface area contributed by atoms with Crippen LogP contribution in [0.5, 0.6) is 11.5 Å². The Morgan fingerprint density at radius 3 is 1.08 bits per heavy atom. The van der Waals surface area contributed by atoms with E-state index in [4.69, 9.17) is 61.3 Å². The number of pyridine rings is 1. The highest BCUT2D eigenvalue weighted by Crippen LogP contribution is 2.75. The van der Waals surface area contributed by atoms with Crippen molar-refractivity contribution in [3.05, 3.63) is 124 Å². The zero-order valence-electron chi connectivity index (χ0n) is 80.2. The molecule has 15 unspecified atom stereocenters. The summed E-state index contributed by atoms with van der Waals surface area (Å²) in [4.78, 5) is 85.9. The number of hydrogen-bond acceptors (Lipinski definition) is 15. The topological polar surface area (TPSA) is 220 Å². The van der Waals surface area contributed by atoms with Gasteiger partial charge < -0.3 is 57.8 Å². The van der Waals surface area contributed by atoms with Gasteiger partial charge >= 0.3 is 17.9 Å². The van der Waals surface area contributed by atoms with Crippen LogP contribution in [0.1, 0.15) is 301 Å². The Hall–Kier alpha value is -5.75. The second-order valence-electron chi connectivity index (χ2n) is 42.2. The quantitative estimate of drug-likeness (QED) is 0.0177. The number of fused-ring (bicyclic) bond motifs is 6. The van der Waals surface area contributed by atoms with Gasteiger partial charge in [0.05, 0.1) is 20.3 Å². The summed E-state index contributed by atoms with van der Waals surface area (Å²) in [5, 5.41) is 21.6. The van der Waals surface area contributed by atoms with E-state index in [1.165, 1.54) is 11.4 Å². The van der Waals surface area contributed by atoms with Gasteiger partial charge in [0.1, 0.15) is 59.8 Å². The molecule has 21 atom stereocenters. The summed E-state index contributed by atoms with van der Waals surface area (Å²) in [7, 11) is 3.26. The summed E-state index contributed by atoms with van der Waals surface area (Å²) in [6.07, 6.45) is 31.2. The Labute approximate surface area is 762 Å². The van der Waals surface area contributed by atoms with Gasteiger partial charge in [-0.05, 0) is 252 Å². The summed E-state index contributed by atoms with van der Waals surface area (Å²) in [5.41, 5.74) is 2.07. The number of carbonyl (C=O) groups excluding carboxylic acids is 5. The number of allylic oxidation sites excluding steroid dienone is 3. The third kappa shape index (κ3) is 22.0. The van der Waals surface area contributed by atoms with Gasteiger partial charge in [-0.2, -0.15) is 0 Å². The van der Waals surface area contributed by atoms with E-state index in [2.05, 4.69) is 161 Å². The van der Waals surface area contributed by atoms with Crippen molar-refractivity contribution >= 4 is 60.0 Å². The van der Waals surface area contributed by atoms with Crippen molar-refractivity contribution in [2.75, 3.05) is 53.9 Å². The number of halogens is 2. The number of aromatic nitrogens is 1. The number of carboxylic acids is 1. The zero-order chi connectivity index (χ0) is 91.6. The van der Waals surface area contributed by atoms with Crippen LogP contribution in [0, 0.1) is 121 Å². The van der Waals surface area contributed by atoms with E-state index in [-0.39, 0.29) is 118 Å². The lowest BCUT2D eigenvalue weighted by Crippen LogP contribution is -2.53. The van der Waals surface area contributed by atoms with E-state index in [1.54, 1.807) is 14.2 Å². The second-order valence-corrected chi connectivity index (χ2v) is 43.3. The number of nitrogens with zero attached hydrogens (tertiary/aromatic N) is 1. The maximum atomic E-state index is 14.3. The van der Waals surface area contributed by atoms with Gasteiger partial charge in [-0.25, -0.2) is 0 Å². The average Bonchev–Trinajstić information content (AvgIpc) is 1.53. The van der Waals surface area contributed by atoms with Crippen molar-refractivity contribution < 1.29 is 72.1 Å². The van der Waals surface area contributed by atoms with Crippen molar-refractivity contribution in [1.29, 1.82) is 0 Å². The Morgan fingerprint density at radius 2 is 0.768 bits per heavy atom. The molecule has 6 fully saturated rings. The first-order valence-electron chi connectivity index (χ1n) is 48.5. The molecular formula is C107H161Cl2NO15. The van der Waals surface area contributed by atoms with Crippen molar-refractivity contribution in [3.63, 3.8) is 0 Å². The van der Waals surface area contributed by atoms with Crippen LogP contribution in [0.2, 0.25) is 0 Å². The first kappa shape index (κ1) is 103. The number of alkyl halides is 2. The van der Waals surface area contributed by atoms with Crippen molar-refractivity contribution in [1.82, 2.24) is 4.98 Å². The summed E-state index contributed by atoms with van der Waals surface area (Å²) in [5.74, 6) is 2.62. The molecular weight excluding hydrogens is 1610 g/mol. The largest absolute Gasteiger partial charge is 0.497 e. The fourth-order valence-electron chi connectivity index (χ4n) is 24.9. The highest BCUT2D eigenvalue weighted by Gasteiger charge is 2.75. The Kier molecular flexibility index (Phi) is 37.4. The minimum atomic E-state index is -1.06. The van der Waals surface area contributed by atoms with Crippen LogP contribution in [0.15, 0.2) is 102 Å². The second kappa shape index (κ2) is 45.4. The SMILES string of the molecule is CC(C)(C)c1cccc(C(C)(C)C)n1.CCCCOCCCCC1C(C)C(Cl)CC1[C@@]1(C=O)CC2C=C(C(C)C)[C@@]1(C(=O)O)C2.CCCCOCCCCC1C(C)C(Cl)CC1[C@@]1(C=O)CC2C=C(C(C)C)[C@@]1(C(=O)OCc1ccc(OC)cc1)C2.CCCCOCCCCC1C(C)C(O)CC1[C@@]1(C=O)CC2C=C(C(C)C)[C@@]1(C(=O)OCc1ccc(OC)cc1)C2. The Morgan fingerprint density at radius 1 is 0.456 bits per heavy atom. The van der Waals surface area contributed by atoms with E-state index in [0.29, 0.717) is 62.7 Å². The molecule has 3 aromatic rings. The number of aliphatic hydroxyl groups is 1. The maximum Gasteiger partial charge on any atom is 0.317 e. The molecule has 698 valence electrons. The molecule has 16 nitrogen and oxygen atoms in total. The molecule has 2 N–H and O–H groups in total. The van der Waals surface area contributed by atoms with Crippen molar-refractivity contribution in [2.45, 2.75) is 320 Å². The molecule has 18 heteroatoms. The van der Waals surface area contributed by atoms with Gasteiger partial charge in [-0.1, -0.05) is 228 Å². The van der Waals surface area contributed by atoms with Gasteiger partial charge in [0.25, 0.3) is 0 Å². The lowest BCUT2D eigenvalue weighted by molar-refractivity contribution is -0.167. The summed E-state index contributed by atoms with van der Waals surface area (Å²) in [6.45, 7) is 43.9. The van der Waals surface area contributed by atoms with Crippen LogP contribution in [0.3, 0.4) is 0 Å². The number of ether oxygens (including phenoxy) is 7. The molecule has 1 aromatic heterocycles. The van der Waals surface area contributed by atoms with Gasteiger partial charge in [-0.15, -0.1) is 23.2 Å². The normalized spacial score (nSPS) is 32.2. The average molecular weight is 1770 g/mol. The summed E-state index contributed by atoms with van der Waals surface area (Å²) in [6, 6.07) is 21.4. The molecule has 12 rings (SSSR count). The lowest BCUT2D eigenvalue weighted by atomic mass is 9.52. The van der Waals surface area contributed by atoms with E-state index in [1.807, 2.05) is 48.5 Å². The zero-order valence-corrected chi connectivity index (χ0v) is 81.8. The molecule has 2 aromatic carbocycles.